The Kier molecular flexibility index (Phi) is 4.52. The van der Waals surface area contributed by atoms with Gasteiger partial charge in [-0.05, 0) is 17.9 Å². The summed E-state index contributed by atoms with van der Waals surface area (Å²) in [6.45, 7) is 0. The first kappa shape index (κ1) is 12.8. The molecule has 1 aromatic carbocycles. The van der Waals surface area contributed by atoms with Gasteiger partial charge in [-0.25, -0.2) is 0 Å². The molecule has 0 radical (unpaired) electrons. The second kappa shape index (κ2) is 6.35. The van der Waals surface area contributed by atoms with Crippen LogP contribution >= 0.6 is 0 Å². The smallest absolute Gasteiger partial charge is 0.154 e. The molecule has 0 heterocycles. The SMILES string of the molecule is N#CC(C(=O)CCC1CCCC1)c1ccccc1. The van der Waals surface area contributed by atoms with Gasteiger partial charge in [0.05, 0.1) is 6.07 Å². The fourth-order valence-electron chi connectivity index (χ4n) is 2.77. The lowest BCUT2D eigenvalue weighted by atomic mass is 9.91. The van der Waals surface area contributed by atoms with Crippen molar-refractivity contribution in [3.05, 3.63) is 35.9 Å². The van der Waals surface area contributed by atoms with Crippen LogP contribution in [0.5, 0.6) is 0 Å². The summed E-state index contributed by atoms with van der Waals surface area (Å²) in [6.07, 6.45) is 6.64. The summed E-state index contributed by atoms with van der Waals surface area (Å²) in [5, 5.41) is 9.17. The van der Waals surface area contributed by atoms with E-state index in [4.69, 9.17) is 0 Å². The third kappa shape index (κ3) is 3.20. The molecule has 1 fully saturated rings. The number of hydrogen-bond donors (Lipinski definition) is 0. The number of carbonyl (C=O) groups excluding carboxylic acids is 1. The Morgan fingerprint density at radius 2 is 1.94 bits per heavy atom. The maximum atomic E-state index is 12.1. The fourth-order valence-corrected chi connectivity index (χ4v) is 2.77. The van der Waals surface area contributed by atoms with Gasteiger partial charge in [0.2, 0.25) is 0 Å². The Labute approximate surface area is 109 Å². The Morgan fingerprint density at radius 1 is 1.28 bits per heavy atom. The summed E-state index contributed by atoms with van der Waals surface area (Å²) in [5.74, 6) is 0.215. The predicted octanol–water partition coefficient (Wildman–Crippen LogP) is 3.83. The lowest BCUT2D eigenvalue weighted by Crippen LogP contribution is -2.12. The van der Waals surface area contributed by atoms with Gasteiger partial charge in [0.15, 0.2) is 5.78 Å². The van der Waals surface area contributed by atoms with Crippen molar-refractivity contribution in [1.82, 2.24) is 0 Å². The molecular weight excluding hydrogens is 222 g/mol. The van der Waals surface area contributed by atoms with Crippen LogP contribution in [-0.4, -0.2) is 5.78 Å². The number of nitriles is 1. The zero-order valence-corrected chi connectivity index (χ0v) is 10.6. The van der Waals surface area contributed by atoms with Crippen molar-refractivity contribution < 1.29 is 4.79 Å². The van der Waals surface area contributed by atoms with Crippen LogP contribution < -0.4 is 0 Å². The van der Waals surface area contributed by atoms with Crippen molar-refractivity contribution in [2.75, 3.05) is 0 Å². The van der Waals surface area contributed by atoms with Gasteiger partial charge < -0.3 is 0 Å². The number of hydrogen-bond acceptors (Lipinski definition) is 2. The first-order valence-electron chi connectivity index (χ1n) is 6.78. The third-order valence-electron chi connectivity index (χ3n) is 3.86. The first-order valence-corrected chi connectivity index (χ1v) is 6.78. The second-order valence-corrected chi connectivity index (χ2v) is 5.13. The summed E-state index contributed by atoms with van der Waals surface area (Å²) in [5.41, 5.74) is 0.830. The van der Waals surface area contributed by atoms with E-state index in [0.717, 1.165) is 12.0 Å². The maximum Gasteiger partial charge on any atom is 0.154 e. The molecule has 0 aromatic heterocycles. The van der Waals surface area contributed by atoms with E-state index in [-0.39, 0.29) is 5.78 Å². The van der Waals surface area contributed by atoms with E-state index in [1.54, 1.807) is 0 Å². The molecule has 2 nitrogen and oxygen atoms in total. The monoisotopic (exact) mass is 241 g/mol. The highest BCUT2D eigenvalue weighted by Gasteiger charge is 2.22. The first-order chi connectivity index (χ1) is 8.81. The molecule has 1 aliphatic carbocycles. The van der Waals surface area contributed by atoms with E-state index in [9.17, 15) is 10.1 Å². The largest absolute Gasteiger partial charge is 0.298 e. The Hall–Kier alpha value is -1.62. The number of Topliss-reactive ketones (excluding diaryl/α,β-unsaturated/α-hetero) is 1. The third-order valence-corrected chi connectivity index (χ3v) is 3.86. The van der Waals surface area contributed by atoms with Crippen molar-refractivity contribution in [3.63, 3.8) is 0 Å². The van der Waals surface area contributed by atoms with Crippen LogP contribution in [0.2, 0.25) is 0 Å². The molecule has 1 aliphatic rings. The molecule has 94 valence electrons. The number of rotatable bonds is 5. The van der Waals surface area contributed by atoms with Crippen molar-refractivity contribution in [2.24, 2.45) is 5.92 Å². The molecule has 0 spiro atoms. The van der Waals surface area contributed by atoms with E-state index >= 15 is 0 Å². The standard InChI is InChI=1S/C16H19NO/c17-12-15(14-8-2-1-3-9-14)16(18)11-10-13-6-4-5-7-13/h1-3,8-9,13,15H,4-7,10-11H2. The number of benzene rings is 1. The number of carbonyl (C=O) groups is 1. The molecule has 0 N–H and O–H groups in total. The van der Waals surface area contributed by atoms with Crippen LogP contribution in [0, 0.1) is 17.2 Å². The molecule has 2 heteroatoms. The topological polar surface area (TPSA) is 40.9 Å². The number of nitrogens with zero attached hydrogens (tertiary/aromatic N) is 1. The predicted molar refractivity (Wildman–Crippen MR) is 71.0 cm³/mol. The fraction of sp³-hybridized carbons (Fsp3) is 0.500. The molecule has 1 atom stereocenters. The Bertz CT molecular complexity index is 426. The van der Waals surface area contributed by atoms with Crippen LogP contribution in [-0.2, 0) is 4.79 Å². The highest BCUT2D eigenvalue weighted by Crippen LogP contribution is 2.29. The highest BCUT2D eigenvalue weighted by molar-refractivity contribution is 5.88. The highest BCUT2D eigenvalue weighted by atomic mass is 16.1. The minimum atomic E-state index is -0.576. The molecule has 0 bridgehead atoms. The van der Waals surface area contributed by atoms with Crippen LogP contribution in [0.15, 0.2) is 30.3 Å². The summed E-state index contributed by atoms with van der Waals surface area (Å²) < 4.78 is 0. The van der Waals surface area contributed by atoms with E-state index in [1.165, 1.54) is 25.7 Å². The van der Waals surface area contributed by atoms with Crippen LogP contribution in [0.3, 0.4) is 0 Å². The summed E-state index contributed by atoms with van der Waals surface area (Å²) in [4.78, 5) is 12.1. The molecular formula is C16H19NO. The second-order valence-electron chi connectivity index (χ2n) is 5.13. The molecule has 1 aromatic rings. The van der Waals surface area contributed by atoms with Gasteiger partial charge in [0, 0.05) is 6.42 Å². The van der Waals surface area contributed by atoms with Crippen LogP contribution in [0.1, 0.15) is 50.0 Å². The van der Waals surface area contributed by atoms with Crippen LogP contribution in [0.25, 0.3) is 0 Å². The molecule has 0 aliphatic heterocycles. The van der Waals surface area contributed by atoms with E-state index in [0.29, 0.717) is 12.3 Å². The summed E-state index contributed by atoms with van der Waals surface area (Å²) >= 11 is 0. The van der Waals surface area contributed by atoms with E-state index < -0.39 is 5.92 Å². The van der Waals surface area contributed by atoms with Gasteiger partial charge in [0.1, 0.15) is 5.92 Å². The van der Waals surface area contributed by atoms with Gasteiger partial charge in [-0.1, -0.05) is 56.0 Å². The van der Waals surface area contributed by atoms with E-state index in [2.05, 4.69) is 6.07 Å². The van der Waals surface area contributed by atoms with Crippen LogP contribution in [0.4, 0.5) is 0 Å². The average Bonchev–Trinajstić information content (AvgIpc) is 2.92. The molecule has 1 unspecified atom stereocenters. The Balaban J connectivity index is 1.92. The minimum Gasteiger partial charge on any atom is -0.298 e. The summed E-state index contributed by atoms with van der Waals surface area (Å²) in [7, 11) is 0. The molecule has 2 rings (SSSR count). The van der Waals surface area contributed by atoms with E-state index in [1.807, 2.05) is 30.3 Å². The van der Waals surface area contributed by atoms with Gasteiger partial charge >= 0.3 is 0 Å². The quantitative estimate of drug-likeness (QED) is 0.786. The van der Waals surface area contributed by atoms with Crippen molar-refractivity contribution >= 4 is 5.78 Å². The number of ketones is 1. The van der Waals surface area contributed by atoms with Gasteiger partial charge in [-0.2, -0.15) is 5.26 Å². The van der Waals surface area contributed by atoms with Crippen molar-refractivity contribution in [2.45, 2.75) is 44.4 Å². The molecule has 18 heavy (non-hydrogen) atoms. The Morgan fingerprint density at radius 3 is 2.56 bits per heavy atom. The maximum absolute atomic E-state index is 12.1. The molecule has 0 amide bonds. The van der Waals surface area contributed by atoms with Gasteiger partial charge in [-0.15, -0.1) is 0 Å². The zero-order valence-electron chi connectivity index (χ0n) is 10.6. The summed E-state index contributed by atoms with van der Waals surface area (Å²) in [6, 6.07) is 11.5. The average molecular weight is 241 g/mol. The molecule has 1 saturated carbocycles. The lowest BCUT2D eigenvalue weighted by Gasteiger charge is -2.11. The van der Waals surface area contributed by atoms with Gasteiger partial charge in [-0.3, -0.25) is 4.79 Å². The zero-order chi connectivity index (χ0) is 12.8. The van der Waals surface area contributed by atoms with Crippen molar-refractivity contribution in [1.29, 1.82) is 5.26 Å². The van der Waals surface area contributed by atoms with Gasteiger partial charge in [0.25, 0.3) is 0 Å². The normalized spacial score (nSPS) is 17.3. The minimum absolute atomic E-state index is 0.0793. The van der Waals surface area contributed by atoms with Crippen molar-refractivity contribution in [3.8, 4) is 6.07 Å². The lowest BCUT2D eigenvalue weighted by molar-refractivity contribution is -0.119. The molecule has 0 saturated heterocycles.